The largest absolute Gasteiger partial charge is 0.337 e. The van der Waals surface area contributed by atoms with Crippen molar-refractivity contribution in [1.29, 1.82) is 0 Å². The Morgan fingerprint density at radius 2 is 1.77 bits per heavy atom. The number of rotatable bonds is 7. The summed E-state index contributed by atoms with van der Waals surface area (Å²) >= 11 is 0. The highest BCUT2D eigenvalue weighted by atomic mass is 16.6. The van der Waals surface area contributed by atoms with E-state index in [9.17, 15) is 19.7 Å². The van der Waals surface area contributed by atoms with Crippen LogP contribution in [0.25, 0.3) is 5.69 Å². The Balaban J connectivity index is 1.55. The number of carbonyl (C=O) groups excluding carboxylic acids is 2. The highest BCUT2D eigenvalue weighted by Crippen LogP contribution is 2.20. The molecule has 0 saturated carbocycles. The summed E-state index contributed by atoms with van der Waals surface area (Å²) in [6.07, 6.45) is 0.0622. The first-order valence-corrected chi connectivity index (χ1v) is 9.13. The number of hydrogen-bond donors (Lipinski definition) is 3. The molecule has 3 N–H and O–H groups in total. The standard InChI is InChI=1S/C20H20N6O4/c1-14-13-18(25(24-14)16-7-9-17(10-8-16)26(29)30)23-19(27)11-12-21-20(28)22-15-5-3-2-4-6-15/h2-10,13H,11-12H2,1H3,(H,23,27)(H2,21,22,28). The second kappa shape index (κ2) is 9.32. The van der Waals surface area contributed by atoms with Crippen LogP contribution in [0.4, 0.5) is 22.0 Å². The Morgan fingerprint density at radius 1 is 1.07 bits per heavy atom. The predicted molar refractivity (Wildman–Crippen MR) is 112 cm³/mol. The maximum Gasteiger partial charge on any atom is 0.319 e. The van der Waals surface area contributed by atoms with Gasteiger partial charge in [0.25, 0.3) is 5.69 Å². The van der Waals surface area contributed by atoms with Gasteiger partial charge in [-0.15, -0.1) is 0 Å². The Hall–Kier alpha value is -4.21. The lowest BCUT2D eigenvalue weighted by Crippen LogP contribution is -2.31. The molecule has 30 heavy (non-hydrogen) atoms. The highest BCUT2D eigenvalue weighted by Gasteiger charge is 2.13. The molecule has 10 nitrogen and oxygen atoms in total. The van der Waals surface area contributed by atoms with E-state index in [-0.39, 0.29) is 24.6 Å². The van der Waals surface area contributed by atoms with E-state index < -0.39 is 11.0 Å². The van der Waals surface area contributed by atoms with E-state index in [1.807, 2.05) is 6.07 Å². The zero-order valence-electron chi connectivity index (χ0n) is 16.2. The van der Waals surface area contributed by atoms with Crippen molar-refractivity contribution in [3.8, 4) is 5.69 Å². The molecule has 3 rings (SSSR count). The van der Waals surface area contributed by atoms with E-state index in [1.165, 1.54) is 16.8 Å². The van der Waals surface area contributed by atoms with E-state index in [0.717, 1.165) is 0 Å². The third-order valence-corrected chi connectivity index (χ3v) is 4.07. The Bertz CT molecular complexity index is 1050. The molecule has 0 unspecified atom stereocenters. The number of amides is 3. The van der Waals surface area contributed by atoms with E-state index in [0.29, 0.717) is 22.9 Å². The number of aromatic nitrogens is 2. The molecule has 0 bridgehead atoms. The molecule has 2 aromatic carbocycles. The van der Waals surface area contributed by atoms with Gasteiger partial charge in [0.15, 0.2) is 0 Å². The highest BCUT2D eigenvalue weighted by molar-refractivity contribution is 5.92. The number of anilines is 2. The molecule has 0 radical (unpaired) electrons. The van der Waals surface area contributed by atoms with Crippen LogP contribution in [0, 0.1) is 17.0 Å². The van der Waals surface area contributed by atoms with Crippen molar-refractivity contribution in [3.63, 3.8) is 0 Å². The van der Waals surface area contributed by atoms with Gasteiger partial charge < -0.3 is 16.0 Å². The third kappa shape index (κ3) is 5.41. The van der Waals surface area contributed by atoms with Crippen LogP contribution in [0.5, 0.6) is 0 Å². The fraction of sp³-hybridized carbons (Fsp3) is 0.150. The first kappa shape index (κ1) is 20.5. The van der Waals surface area contributed by atoms with Gasteiger partial charge in [-0.2, -0.15) is 5.10 Å². The number of urea groups is 1. The summed E-state index contributed by atoms with van der Waals surface area (Å²) in [4.78, 5) is 34.5. The normalized spacial score (nSPS) is 10.3. The van der Waals surface area contributed by atoms with Crippen molar-refractivity contribution in [2.24, 2.45) is 0 Å². The topological polar surface area (TPSA) is 131 Å². The average Bonchev–Trinajstić information content (AvgIpc) is 3.08. The molecular formula is C20H20N6O4. The lowest BCUT2D eigenvalue weighted by atomic mass is 10.3. The van der Waals surface area contributed by atoms with Crippen molar-refractivity contribution >= 4 is 29.1 Å². The van der Waals surface area contributed by atoms with Gasteiger partial charge in [0.2, 0.25) is 5.91 Å². The fourth-order valence-corrected chi connectivity index (χ4v) is 2.69. The first-order chi connectivity index (χ1) is 14.4. The number of nitro benzene ring substituents is 1. The van der Waals surface area contributed by atoms with Crippen LogP contribution in [0.15, 0.2) is 60.7 Å². The molecule has 154 valence electrons. The smallest absolute Gasteiger partial charge is 0.319 e. The number of nitro groups is 1. The maximum absolute atomic E-state index is 12.3. The SMILES string of the molecule is Cc1cc(NC(=O)CCNC(=O)Nc2ccccc2)n(-c2ccc([N+](=O)[O-])cc2)n1. The van der Waals surface area contributed by atoms with Gasteiger partial charge in [0.05, 0.1) is 16.3 Å². The second-order valence-corrected chi connectivity index (χ2v) is 6.40. The molecule has 0 spiro atoms. The van der Waals surface area contributed by atoms with Gasteiger partial charge in [-0.3, -0.25) is 14.9 Å². The zero-order valence-corrected chi connectivity index (χ0v) is 16.2. The summed E-state index contributed by atoms with van der Waals surface area (Å²) in [6, 6.07) is 16.1. The molecule has 0 aliphatic heterocycles. The van der Waals surface area contributed by atoms with Crippen LogP contribution in [0.1, 0.15) is 12.1 Å². The fourth-order valence-electron chi connectivity index (χ4n) is 2.69. The first-order valence-electron chi connectivity index (χ1n) is 9.13. The van der Waals surface area contributed by atoms with Gasteiger partial charge in [0.1, 0.15) is 5.82 Å². The Kier molecular flexibility index (Phi) is 6.38. The van der Waals surface area contributed by atoms with Gasteiger partial charge in [0, 0.05) is 36.9 Å². The molecule has 0 fully saturated rings. The number of nitrogens with one attached hydrogen (secondary N) is 3. The molecule has 10 heteroatoms. The van der Waals surface area contributed by atoms with Crippen LogP contribution in [0.2, 0.25) is 0 Å². The average molecular weight is 408 g/mol. The van der Waals surface area contributed by atoms with Gasteiger partial charge >= 0.3 is 6.03 Å². The molecule has 0 saturated heterocycles. The molecular weight excluding hydrogens is 388 g/mol. The van der Waals surface area contributed by atoms with Crippen LogP contribution in [-0.2, 0) is 4.79 Å². The molecule has 1 heterocycles. The van der Waals surface area contributed by atoms with E-state index in [1.54, 1.807) is 49.4 Å². The van der Waals surface area contributed by atoms with E-state index in [4.69, 9.17) is 0 Å². The predicted octanol–water partition coefficient (Wildman–Crippen LogP) is 3.24. The minimum absolute atomic E-state index is 0.0342. The third-order valence-electron chi connectivity index (χ3n) is 4.07. The monoisotopic (exact) mass is 408 g/mol. The molecule has 1 aromatic heterocycles. The Labute approximate surface area is 172 Å². The minimum Gasteiger partial charge on any atom is -0.337 e. The summed E-state index contributed by atoms with van der Waals surface area (Å²) in [5.74, 6) is 0.123. The van der Waals surface area contributed by atoms with Crippen molar-refractivity contribution in [3.05, 3.63) is 76.5 Å². The number of para-hydroxylation sites is 1. The van der Waals surface area contributed by atoms with Crippen LogP contribution in [-0.4, -0.2) is 33.2 Å². The number of benzene rings is 2. The summed E-state index contributed by atoms with van der Waals surface area (Å²) in [5, 5.41) is 23.2. The summed E-state index contributed by atoms with van der Waals surface area (Å²) in [7, 11) is 0. The number of non-ortho nitro benzene ring substituents is 1. The number of aryl methyl sites for hydroxylation is 1. The number of carbonyl (C=O) groups is 2. The van der Waals surface area contributed by atoms with Crippen molar-refractivity contribution in [1.82, 2.24) is 15.1 Å². The van der Waals surface area contributed by atoms with Crippen LogP contribution >= 0.6 is 0 Å². The molecule has 0 aliphatic rings. The van der Waals surface area contributed by atoms with Crippen LogP contribution < -0.4 is 16.0 Å². The maximum atomic E-state index is 12.3. The van der Waals surface area contributed by atoms with Crippen molar-refractivity contribution in [2.75, 3.05) is 17.2 Å². The summed E-state index contributed by atoms with van der Waals surface area (Å²) in [6.45, 7) is 1.92. The second-order valence-electron chi connectivity index (χ2n) is 6.40. The van der Waals surface area contributed by atoms with Gasteiger partial charge in [-0.25, -0.2) is 9.48 Å². The van der Waals surface area contributed by atoms with E-state index >= 15 is 0 Å². The van der Waals surface area contributed by atoms with Crippen molar-refractivity contribution < 1.29 is 14.5 Å². The molecule has 0 aliphatic carbocycles. The van der Waals surface area contributed by atoms with E-state index in [2.05, 4.69) is 21.0 Å². The van der Waals surface area contributed by atoms with Gasteiger partial charge in [-0.1, -0.05) is 18.2 Å². The quantitative estimate of drug-likeness (QED) is 0.408. The molecule has 3 aromatic rings. The summed E-state index contributed by atoms with van der Waals surface area (Å²) in [5.41, 5.74) is 1.86. The zero-order chi connectivity index (χ0) is 21.5. The van der Waals surface area contributed by atoms with Crippen LogP contribution in [0.3, 0.4) is 0 Å². The lowest BCUT2D eigenvalue weighted by Gasteiger charge is -2.10. The van der Waals surface area contributed by atoms with Gasteiger partial charge in [-0.05, 0) is 31.2 Å². The lowest BCUT2D eigenvalue weighted by molar-refractivity contribution is -0.384. The Morgan fingerprint density at radius 3 is 2.43 bits per heavy atom. The summed E-state index contributed by atoms with van der Waals surface area (Å²) < 4.78 is 1.49. The molecule has 0 atom stereocenters. The molecule has 3 amide bonds. The number of hydrogen-bond acceptors (Lipinski definition) is 5. The van der Waals surface area contributed by atoms with Crippen molar-refractivity contribution in [2.45, 2.75) is 13.3 Å². The minimum atomic E-state index is -0.484. The number of nitrogens with zero attached hydrogens (tertiary/aromatic N) is 3.